The largest absolute Gasteiger partial charge is 0.497 e. The Morgan fingerprint density at radius 3 is 2.50 bits per heavy atom. The summed E-state index contributed by atoms with van der Waals surface area (Å²) in [6.45, 7) is 2.01. The van der Waals surface area contributed by atoms with E-state index in [1.807, 2.05) is 43.3 Å². The van der Waals surface area contributed by atoms with E-state index in [0.717, 1.165) is 16.9 Å². The van der Waals surface area contributed by atoms with Gasteiger partial charge in [-0.25, -0.2) is 4.79 Å². The predicted molar refractivity (Wildman–Crippen MR) is 97.7 cm³/mol. The van der Waals surface area contributed by atoms with Gasteiger partial charge in [-0.2, -0.15) is 0 Å². The second-order valence-corrected chi connectivity index (χ2v) is 5.87. The number of rotatable bonds is 9. The van der Waals surface area contributed by atoms with Crippen LogP contribution in [0.1, 0.15) is 24.0 Å². The van der Waals surface area contributed by atoms with Crippen LogP contribution < -0.4 is 14.8 Å². The van der Waals surface area contributed by atoms with Gasteiger partial charge in [0.2, 0.25) is 5.91 Å². The third-order valence-corrected chi connectivity index (χ3v) is 3.99. The highest BCUT2D eigenvalue weighted by Crippen LogP contribution is 2.20. The molecule has 6 nitrogen and oxygen atoms in total. The number of carbonyl (C=O) groups is 2. The summed E-state index contributed by atoms with van der Waals surface area (Å²) in [4.78, 5) is 22.8. The van der Waals surface area contributed by atoms with Crippen molar-refractivity contribution in [2.24, 2.45) is 0 Å². The molecule has 0 spiro atoms. The lowest BCUT2D eigenvalue weighted by Gasteiger charge is -2.13. The lowest BCUT2D eigenvalue weighted by molar-refractivity contribution is -0.139. The first-order valence-corrected chi connectivity index (χ1v) is 8.35. The molecule has 1 amide bonds. The summed E-state index contributed by atoms with van der Waals surface area (Å²) >= 11 is 0. The van der Waals surface area contributed by atoms with Crippen molar-refractivity contribution in [3.05, 3.63) is 59.7 Å². The Morgan fingerprint density at radius 1 is 1.12 bits per heavy atom. The molecule has 2 rings (SSSR count). The van der Waals surface area contributed by atoms with Crippen LogP contribution >= 0.6 is 0 Å². The Bertz CT molecular complexity index is 742. The van der Waals surface area contributed by atoms with Gasteiger partial charge in [-0.1, -0.05) is 24.3 Å². The van der Waals surface area contributed by atoms with E-state index in [1.165, 1.54) is 0 Å². The normalized spacial score (nSPS) is 11.5. The zero-order chi connectivity index (χ0) is 18.9. The van der Waals surface area contributed by atoms with Gasteiger partial charge in [-0.3, -0.25) is 4.79 Å². The summed E-state index contributed by atoms with van der Waals surface area (Å²) in [5.41, 5.74) is 1.93. The number of benzene rings is 2. The maximum absolute atomic E-state index is 12.3. The van der Waals surface area contributed by atoms with E-state index in [0.29, 0.717) is 18.7 Å². The first-order valence-electron chi connectivity index (χ1n) is 8.35. The standard InChI is InChI=1S/C20H23NO5/c1-14(16-4-3-5-18(12-16)25-2)20(24)21-11-10-15-6-8-17(9-7-15)26-13-19(22)23/h3-9,12,14H,10-11,13H2,1-2H3,(H,21,24)(H,22,23). The van der Waals surface area contributed by atoms with Crippen LogP contribution in [0.25, 0.3) is 0 Å². The molecule has 0 saturated carbocycles. The van der Waals surface area contributed by atoms with E-state index >= 15 is 0 Å². The van der Waals surface area contributed by atoms with Gasteiger partial charge >= 0.3 is 5.97 Å². The third-order valence-electron chi connectivity index (χ3n) is 3.99. The van der Waals surface area contributed by atoms with Crippen molar-refractivity contribution >= 4 is 11.9 Å². The van der Waals surface area contributed by atoms with E-state index in [9.17, 15) is 9.59 Å². The van der Waals surface area contributed by atoms with E-state index in [1.54, 1.807) is 19.2 Å². The van der Waals surface area contributed by atoms with Crippen LogP contribution in [0.5, 0.6) is 11.5 Å². The summed E-state index contributed by atoms with van der Waals surface area (Å²) in [5, 5.41) is 11.5. The molecule has 1 unspecified atom stereocenters. The number of carboxylic acid groups (broad SMARTS) is 1. The van der Waals surface area contributed by atoms with Gasteiger partial charge in [0, 0.05) is 6.54 Å². The van der Waals surface area contributed by atoms with E-state index in [4.69, 9.17) is 14.6 Å². The Balaban J connectivity index is 1.81. The number of ether oxygens (including phenoxy) is 2. The van der Waals surface area contributed by atoms with Crippen LogP contribution in [0.4, 0.5) is 0 Å². The van der Waals surface area contributed by atoms with Gasteiger partial charge < -0.3 is 19.9 Å². The fraction of sp³-hybridized carbons (Fsp3) is 0.300. The van der Waals surface area contributed by atoms with E-state index in [2.05, 4.69) is 5.32 Å². The number of amides is 1. The summed E-state index contributed by atoms with van der Waals surface area (Å²) < 4.78 is 10.3. The van der Waals surface area contributed by atoms with Gasteiger partial charge in [0.15, 0.2) is 6.61 Å². The topological polar surface area (TPSA) is 84.9 Å². The molecule has 2 aromatic carbocycles. The number of hydrogen-bond donors (Lipinski definition) is 2. The van der Waals surface area contributed by atoms with Gasteiger partial charge in [-0.05, 0) is 48.7 Å². The van der Waals surface area contributed by atoms with Crippen molar-refractivity contribution in [1.82, 2.24) is 5.32 Å². The Labute approximate surface area is 152 Å². The second kappa shape index (κ2) is 9.46. The van der Waals surface area contributed by atoms with Crippen molar-refractivity contribution in [3.8, 4) is 11.5 Å². The van der Waals surface area contributed by atoms with Crippen LogP contribution in [0.3, 0.4) is 0 Å². The molecule has 0 aromatic heterocycles. The summed E-state index contributed by atoms with van der Waals surface area (Å²) in [6.07, 6.45) is 0.676. The molecule has 0 saturated heterocycles. The molecule has 0 heterocycles. The third kappa shape index (κ3) is 5.81. The van der Waals surface area contributed by atoms with Crippen molar-refractivity contribution < 1.29 is 24.2 Å². The van der Waals surface area contributed by atoms with Crippen LogP contribution in [0, 0.1) is 0 Å². The molecule has 0 aliphatic heterocycles. The highest BCUT2D eigenvalue weighted by atomic mass is 16.5. The first-order chi connectivity index (χ1) is 12.5. The molecule has 0 radical (unpaired) electrons. The average Bonchev–Trinajstić information content (AvgIpc) is 2.66. The summed E-state index contributed by atoms with van der Waals surface area (Å²) in [7, 11) is 1.60. The predicted octanol–water partition coefficient (Wildman–Crippen LogP) is 2.62. The highest BCUT2D eigenvalue weighted by molar-refractivity contribution is 5.83. The molecule has 26 heavy (non-hydrogen) atoms. The highest BCUT2D eigenvalue weighted by Gasteiger charge is 2.15. The quantitative estimate of drug-likeness (QED) is 0.721. The minimum Gasteiger partial charge on any atom is -0.497 e. The number of hydrogen-bond acceptors (Lipinski definition) is 4. The van der Waals surface area contributed by atoms with Gasteiger partial charge in [0.1, 0.15) is 11.5 Å². The van der Waals surface area contributed by atoms with Crippen LogP contribution in [0.15, 0.2) is 48.5 Å². The molecular formula is C20H23NO5. The fourth-order valence-corrected chi connectivity index (χ4v) is 2.44. The smallest absolute Gasteiger partial charge is 0.341 e. The van der Waals surface area contributed by atoms with Gasteiger partial charge in [-0.15, -0.1) is 0 Å². The van der Waals surface area contributed by atoms with Crippen LogP contribution in [-0.4, -0.2) is 37.2 Å². The van der Waals surface area contributed by atoms with Crippen molar-refractivity contribution in [2.45, 2.75) is 19.3 Å². The minimum atomic E-state index is -1.01. The molecular weight excluding hydrogens is 334 g/mol. The Kier molecular flexibility index (Phi) is 7.02. The first kappa shape index (κ1) is 19.3. The van der Waals surface area contributed by atoms with E-state index in [-0.39, 0.29) is 18.4 Å². The summed E-state index contributed by atoms with van der Waals surface area (Å²) in [6, 6.07) is 14.6. The van der Waals surface area contributed by atoms with Gasteiger partial charge in [0.05, 0.1) is 13.0 Å². The average molecular weight is 357 g/mol. The zero-order valence-electron chi connectivity index (χ0n) is 14.9. The van der Waals surface area contributed by atoms with E-state index < -0.39 is 5.97 Å². The molecule has 0 bridgehead atoms. The van der Waals surface area contributed by atoms with Crippen molar-refractivity contribution in [3.63, 3.8) is 0 Å². The lowest BCUT2D eigenvalue weighted by Crippen LogP contribution is -2.29. The number of carbonyl (C=O) groups excluding carboxylic acids is 1. The minimum absolute atomic E-state index is 0.0420. The van der Waals surface area contributed by atoms with Crippen molar-refractivity contribution in [2.75, 3.05) is 20.3 Å². The molecule has 6 heteroatoms. The SMILES string of the molecule is COc1cccc(C(C)C(=O)NCCc2ccc(OCC(=O)O)cc2)c1. The monoisotopic (exact) mass is 357 g/mol. The van der Waals surface area contributed by atoms with Crippen LogP contribution in [0.2, 0.25) is 0 Å². The molecule has 1 atom stereocenters. The molecule has 0 aliphatic rings. The number of aliphatic carboxylic acids is 1. The Morgan fingerprint density at radius 2 is 1.85 bits per heavy atom. The molecule has 2 N–H and O–H groups in total. The zero-order valence-corrected chi connectivity index (χ0v) is 14.9. The Hall–Kier alpha value is -3.02. The van der Waals surface area contributed by atoms with Gasteiger partial charge in [0.25, 0.3) is 0 Å². The molecule has 2 aromatic rings. The number of carboxylic acids is 1. The lowest BCUT2D eigenvalue weighted by atomic mass is 10.00. The molecule has 0 aliphatic carbocycles. The number of nitrogens with one attached hydrogen (secondary N) is 1. The summed E-state index contributed by atoms with van der Waals surface area (Å²) in [5.74, 6) is -0.0855. The van der Waals surface area contributed by atoms with Crippen molar-refractivity contribution in [1.29, 1.82) is 0 Å². The molecule has 0 fully saturated rings. The number of methoxy groups -OCH3 is 1. The fourth-order valence-electron chi connectivity index (χ4n) is 2.44. The van der Waals surface area contributed by atoms with Crippen LogP contribution in [-0.2, 0) is 16.0 Å². The molecule has 138 valence electrons. The maximum Gasteiger partial charge on any atom is 0.341 e. The maximum atomic E-state index is 12.3. The second-order valence-electron chi connectivity index (χ2n) is 5.87.